The lowest BCUT2D eigenvalue weighted by Crippen LogP contribution is -2.32. The van der Waals surface area contributed by atoms with Crippen molar-refractivity contribution in [2.75, 3.05) is 18.9 Å². The number of ether oxygens (including phenoxy) is 1. The molecule has 1 aromatic carbocycles. The van der Waals surface area contributed by atoms with Gasteiger partial charge in [0.15, 0.2) is 5.78 Å². The Kier molecular flexibility index (Phi) is 3.84. The molecule has 5 heteroatoms. The van der Waals surface area contributed by atoms with E-state index in [9.17, 15) is 9.90 Å². The van der Waals surface area contributed by atoms with Gasteiger partial charge in [-0.1, -0.05) is 6.07 Å². The van der Waals surface area contributed by atoms with Gasteiger partial charge in [0.2, 0.25) is 0 Å². The molecule has 2 atom stereocenters. The number of carbonyl (C=O) groups excluding carboxylic acids is 1. The molecule has 0 aliphatic carbocycles. The van der Waals surface area contributed by atoms with Crippen LogP contribution in [0.5, 0.6) is 5.75 Å². The van der Waals surface area contributed by atoms with E-state index in [-0.39, 0.29) is 41.4 Å². The summed E-state index contributed by atoms with van der Waals surface area (Å²) < 4.78 is 5.31. The summed E-state index contributed by atoms with van der Waals surface area (Å²) >= 11 is 0. The van der Waals surface area contributed by atoms with E-state index in [0.717, 1.165) is 0 Å². The average Bonchev–Trinajstić information content (AvgIpc) is 2.41. The highest BCUT2D eigenvalue weighted by molar-refractivity contribution is 6.01. The van der Waals surface area contributed by atoms with Crippen LogP contribution in [-0.4, -0.2) is 35.3 Å². The number of ketones is 1. The smallest absolute Gasteiger partial charge is 0.169 e. The minimum atomic E-state index is -0.295. The van der Waals surface area contributed by atoms with E-state index in [4.69, 9.17) is 15.6 Å². The number of hydrogen-bond donors (Lipinski definition) is 3. The maximum Gasteiger partial charge on any atom is 0.169 e. The molecule has 0 amide bonds. The lowest BCUT2D eigenvalue weighted by atomic mass is 9.87. The topological polar surface area (TPSA) is 92.8 Å². The van der Waals surface area contributed by atoms with Crippen molar-refractivity contribution >= 4 is 11.5 Å². The zero-order chi connectivity index (χ0) is 13.1. The third-order valence-corrected chi connectivity index (χ3v) is 3.27. The van der Waals surface area contributed by atoms with Gasteiger partial charge in [-0.2, -0.15) is 0 Å². The lowest BCUT2D eigenvalue weighted by Gasteiger charge is -2.27. The van der Waals surface area contributed by atoms with Crippen molar-refractivity contribution in [3.05, 3.63) is 23.8 Å². The Morgan fingerprint density at radius 2 is 2.28 bits per heavy atom. The molecule has 4 N–H and O–H groups in total. The largest absolute Gasteiger partial charge is 0.505 e. The van der Waals surface area contributed by atoms with Crippen LogP contribution in [0.25, 0.3) is 0 Å². The third kappa shape index (κ3) is 2.47. The summed E-state index contributed by atoms with van der Waals surface area (Å²) in [4.78, 5) is 12.3. The van der Waals surface area contributed by atoms with Crippen LogP contribution in [0.4, 0.5) is 5.69 Å². The number of carbonyl (C=O) groups is 1. The number of Topliss-reactive ketones (excluding diaryl/α,β-unsaturated/α-hetero) is 1. The number of aliphatic hydroxyl groups excluding tert-OH is 1. The fraction of sp³-hybridized carbons (Fsp3) is 0.462. The van der Waals surface area contributed by atoms with Crippen molar-refractivity contribution in [2.45, 2.75) is 18.9 Å². The van der Waals surface area contributed by atoms with Gasteiger partial charge in [0.25, 0.3) is 0 Å². The number of aromatic hydroxyl groups is 1. The molecule has 2 rings (SSSR count). The van der Waals surface area contributed by atoms with Crippen molar-refractivity contribution in [3.8, 4) is 5.75 Å². The summed E-state index contributed by atoms with van der Waals surface area (Å²) in [6.45, 7) is 0.359. The Bertz CT molecular complexity index is 447. The van der Waals surface area contributed by atoms with Crippen LogP contribution in [0.1, 0.15) is 23.2 Å². The van der Waals surface area contributed by atoms with Gasteiger partial charge in [-0.3, -0.25) is 4.79 Å². The molecule has 2 unspecified atom stereocenters. The molecule has 18 heavy (non-hydrogen) atoms. The molecule has 1 fully saturated rings. The lowest BCUT2D eigenvalue weighted by molar-refractivity contribution is -0.0330. The Labute approximate surface area is 105 Å². The molecule has 0 bridgehead atoms. The monoisotopic (exact) mass is 251 g/mol. The third-order valence-electron chi connectivity index (χ3n) is 3.27. The highest BCUT2D eigenvalue weighted by Crippen LogP contribution is 2.30. The predicted octanol–water partition coefficient (Wildman–Crippen LogP) is 0.945. The fourth-order valence-electron chi connectivity index (χ4n) is 2.23. The van der Waals surface area contributed by atoms with Crippen LogP contribution < -0.4 is 5.73 Å². The molecule has 1 aliphatic heterocycles. The van der Waals surface area contributed by atoms with E-state index in [1.807, 2.05) is 0 Å². The fourth-order valence-corrected chi connectivity index (χ4v) is 2.23. The Morgan fingerprint density at radius 1 is 1.50 bits per heavy atom. The highest BCUT2D eigenvalue weighted by atomic mass is 16.5. The minimum Gasteiger partial charge on any atom is -0.505 e. The number of para-hydroxylation sites is 1. The van der Waals surface area contributed by atoms with Crippen LogP contribution >= 0.6 is 0 Å². The van der Waals surface area contributed by atoms with Crippen LogP contribution in [0.2, 0.25) is 0 Å². The van der Waals surface area contributed by atoms with E-state index in [1.54, 1.807) is 18.2 Å². The molecule has 98 valence electrons. The number of benzene rings is 1. The highest BCUT2D eigenvalue weighted by Gasteiger charge is 2.29. The molecule has 5 nitrogen and oxygen atoms in total. The summed E-state index contributed by atoms with van der Waals surface area (Å²) in [5.74, 6) is -0.528. The zero-order valence-electron chi connectivity index (χ0n) is 10.0. The number of nitrogen functional groups attached to an aromatic ring is 1. The SMILES string of the molecule is Nc1cccc(C(=O)C2CCOC(CO)C2)c1O. The summed E-state index contributed by atoms with van der Waals surface area (Å²) in [6.07, 6.45) is 0.781. The minimum absolute atomic E-state index is 0.0906. The van der Waals surface area contributed by atoms with Gasteiger partial charge >= 0.3 is 0 Å². The van der Waals surface area contributed by atoms with Crippen molar-refractivity contribution in [3.63, 3.8) is 0 Å². The van der Waals surface area contributed by atoms with Crippen molar-refractivity contribution in [2.24, 2.45) is 5.92 Å². The first-order chi connectivity index (χ1) is 8.63. The predicted molar refractivity (Wildman–Crippen MR) is 66.4 cm³/mol. The van der Waals surface area contributed by atoms with Crippen molar-refractivity contribution < 1.29 is 19.7 Å². The summed E-state index contributed by atoms with van der Waals surface area (Å²) in [5, 5.41) is 18.8. The normalized spacial score (nSPS) is 23.8. The Balaban J connectivity index is 2.18. The number of hydrogen-bond acceptors (Lipinski definition) is 5. The number of anilines is 1. The van der Waals surface area contributed by atoms with E-state index < -0.39 is 0 Å². The first-order valence-corrected chi connectivity index (χ1v) is 5.97. The number of phenolic OH excluding ortho intramolecular Hbond substituents is 1. The first kappa shape index (κ1) is 12.9. The van der Waals surface area contributed by atoms with Gasteiger partial charge in [-0.15, -0.1) is 0 Å². The van der Waals surface area contributed by atoms with E-state index in [0.29, 0.717) is 19.4 Å². The van der Waals surface area contributed by atoms with E-state index in [1.165, 1.54) is 0 Å². The summed E-state index contributed by atoms with van der Waals surface area (Å²) in [6, 6.07) is 4.76. The molecular weight excluding hydrogens is 234 g/mol. The Morgan fingerprint density at radius 3 is 3.00 bits per heavy atom. The molecule has 0 saturated carbocycles. The van der Waals surface area contributed by atoms with Crippen molar-refractivity contribution in [1.82, 2.24) is 0 Å². The van der Waals surface area contributed by atoms with E-state index in [2.05, 4.69) is 0 Å². The molecule has 0 spiro atoms. The second kappa shape index (κ2) is 5.37. The number of aliphatic hydroxyl groups is 1. The maximum absolute atomic E-state index is 12.3. The molecule has 1 heterocycles. The van der Waals surface area contributed by atoms with Gasteiger partial charge in [0.1, 0.15) is 5.75 Å². The summed E-state index contributed by atoms with van der Waals surface area (Å²) in [7, 11) is 0. The first-order valence-electron chi connectivity index (χ1n) is 5.97. The Hall–Kier alpha value is -1.59. The van der Waals surface area contributed by atoms with Gasteiger partial charge in [-0.25, -0.2) is 0 Å². The molecule has 1 aromatic rings. The molecule has 1 aliphatic rings. The van der Waals surface area contributed by atoms with Crippen LogP contribution in [-0.2, 0) is 4.74 Å². The maximum atomic E-state index is 12.3. The van der Waals surface area contributed by atoms with Crippen LogP contribution in [0, 0.1) is 5.92 Å². The second-order valence-corrected chi connectivity index (χ2v) is 4.50. The van der Waals surface area contributed by atoms with Crippen LogP contribution in [0.3, 0.4) is 0 Å². The molecule has 1 saturated heterocycles. The second-order valence-electron chi connectivity index (χ2n) is 4.50. The average molecular weight is 251 g/mol. The molecule has 0 aromatic heterocycles. The standard InChI is InChI=1S/C13H17NO4/c14-11-3-1-2-10(13(11)17)12(16)8-4-5-18-9(6-8)7-15/h1-3,8-9,15,17H,4-7,14H2. The number of rotatable bonds is 3. The number of nitrogens with two attached hydrogens (primary N) is 1. The van der Waals surface area contributed by atoms with Gasteiger partial charge in [0, 0.05) is 12.5 Å². The van der Waals surface area contributed by atoms with Gasteiger partial charge < -0.3 is 20.7 Å². The molecule has 0 radical (unpaired) electrons. The summed E-state index contributed by atoms with van der Waals surface area (Å²) in [5.41, 5.74) is 6.02. The van der Waals surface area contributed by atoms with Gasteiger partial charge in [-0.05, 0) is 25.0 Å². The number of phenols is 1. The van der Waals surface area contributed by atoms with Crippen molar-refractivity contribution in [1.29, 1.82) is 0 Å². The molecular formula is C13H17NO4. The van der Waals surface area contributed by atoms with Crippen LogP contribution in [0.15, 0.2) is 18.2 Å². The van der Waals surface area contributed by atoms with Gasteiger partial charge in [0.05, 0.1) is 24.0 Å². The quantitative estimate of drug-likeness (QED) is 0.422. The van der Waals surface area contributed by atoms with E-state index >= 15 is 0 Å². The zero-order valence-corrected chi connectivity index (χ0v) is 10.0.